The van der Waals surface area contributed by atoms with Gasteiger partial charge in [0.05, 0.1) is 25.8 Å². The largest absolute Gasteiger partial charge is 0.497 e. The van der Waals surface area contributed by atoms with E-state index in [4.69, 9.17) is 9.47 Å². The van der Waals surface area contributed by atoms with Crippen molar-refractivity contribution >= 4 is 35.6 Å². The van der Waals surface area contributed by atoms with Gasteiger partial charge < -0.3 is 25.0 Å². The highest BCUT2D eigenvalue weighted by Gasteiger charge is 2.36. The highest BCUT2D eigenvalue weighted by Crippen LogP contribution is 2.36. The van der Waals surface area contributed by atoms with Crippen molar-refractivity contribution in [1.82, 2.24) is 5.32 Å². The summed E-state index contributed by atoms with van der Waals surface area (Å²) in [5.41, 5.74) is 2.42. The van der Waals surface area contributed by atoms with E-state index in [2.05, 4.69) is 10.6 Å². The molecule has 3 rings (SSSR count). The fraction of sp³-hybridized carbons (Fsp3) is 0.364. The smallest absolute Gasteiger partial charge is 0.229 e. The first kappa shape index (κ1) is 23.5. The molecule has 2 amide bonds. The van der Waals surface area contributed by atoms with Gasteiger partial charge in [-0.05, 0) is 30.3 Å². The van der Waals surface area contributed by atoms with Crippen molar-refractivity contribution in [2.24, 2.45) is 5.92 Å². The molecule has 2 aromatic rings. The number of nitrogens with zero attached hydrogens (tertiary/aromatic N) is 1. The minimum atomic E-state index is -0.429. The molecule has 1 atom stereocenters. The summed E-state index contributed by atoms with van der Waals surface area (Å²) < 4.78 is 10.6. The number of benzene rings is 2. The van der Waals surface area contributed by atoms with E-state index in [0.717, 1.165) is 17.8 Å². The Kier molecular flexibility index (Phi) is 8.50. The molecule has 1 saturated heterocycles. The van der Waals surface area contributed by atoms with Crippen LogP contribution in [0, 0.1) is 5.92 Å². The van der Waals surface area contributed by atoms with Crippen LogP contribution in [0.25, 0.3) is 0 Å². The number of carbonyl (C=O) groups is 2. The van der Waals surface area contributed by atoms with E-state index in [0.29, 0.717) is 30.3 Å². The molecule has 30 heavy (non-hydrogen) atoms. The maximum Gasteiger partial charge on any atom is 0.229 e. The minimum Gasteiger partial charge on any atom is -0.497 e. The maximum absolute atomic E-state index is 12.9. The molecule has 2 N–H and O–H groups in total. The van der Waals surface area contributed by atoms with Crippen LogP contribution in [-0.2, 0) is 16.1 Å². The van der Waals surface area contributed by atoms with Crippen molar-refractivity contribution in [2.75, 3.05) is 37.5 Å². The third-order valence-corrected chi connectivity index (χ3v) is 5.01. The van der Waals surface area contributed by atoms with E-state index >= 15 is 0 Å². The molecule has 7 nitrogen and oxygen atoms in total. The van der Waals surface area contributed by atoms with Gasteiger partial charge in [-0.1, -0.05) is 25.1 Å². The zero-order chi connectivity index (χ0) is 20.8. The molecule has 1 heterocycles. The second kappa shape index (κ2) is 10.8. The summed E-state index contributed by atoms with van der Waals surface area (Å²) in [6.45, 7) is 3.86. The predicted octanol–water partition coefficient (Wildman–Crippen LogP) is 3.23. The lowest BCUT2D eigenvalue weighted by atomic mass is 10.1. The van der Waals surface area contributed by atoms with Gasteiger partial charge in [0.25, 0.3) is 0 Å². The fourth-order valence-corrected chi connectivity index (χ4v) is 3.41. The van der Waals surface area contributed by atoms with Crippen molar-refractivity contribution in [3.8, 4) is 11.5 Å². The molecule has 162 valence electrons. The average Bonchev–Trinajstić information content (AvgIpc) is 3.14. The Labute approximate surface area is 183 Å². The molecule has 0 aliphatic carbocycles. The number of methoxy groups -OCH3 is 2. The highest BCUT2D eigenvalue weighted by molar-refractivity contribution is 6.04. The molecule has 1 fully saturated rings. The fourth-order valence-electron chi connectivity index (χ4n) is 3.41. The number of halogens is 1. The Morgan fingerprint density at radius 2 is 1.93 bits per heavy atom. The number of hydrogen-bond donors (Lipinski definition) is 2. The Morgan fingerprint density at radius 3 is 2.63 bits per heavy atom. The van der Waals surface area contributed by atoms with Crippen LogP contribution in [0.15, 0.2) is 42.5 Å². The van der Waals surface area contributed by atoms with Crippen LogP contribution in [-0.4, -0.2) is 39.1 Å². The quantitative estimate of drug-likeness (QED) is 0.668. The summed E-state index contributed by atoms with van der Waals surface area (Å²) in [6, 6.07) is 13.0. The van der Waals surface area contributed by atoms with Gasteiger partial charge >= 0.3 is 0 Å². The lowest BCUT2D eigenvalue weighted by Gasteiger charge is -2.20. The lowest BCUT2D eigenvalue weighted by Crippen LogP contribution is -2.28. The summed E-state index contributed by atoms with van der Waals surface area (Å²) in [6.07, 6.45) is 0.163. The Hall–Kier alpha value is -2.77. The topological polar surface area (TPSA) is 79.9 Å². The Bertz CT molecular complexity index is 890. The van der Waals surface area contributed by atoms with Gasteiger partial charge in [0.1, 0.15) is 11.5 Å². The number of para-hydroxylation sites is 1. The summed E-state index contributed by atoms with van der Waals surface area (Å²) >= 11 is 0. The summed E-state index contributed by atoms with van der Waals surface area (Å²) in [5, 5.41) is 6.26. The first-order valence-corrected chi connectivity index (χ1v) is 9.69. The molecule has 1 unspecified atom stereocenters. The van der Waals surface area contributed by atoms with Gasteiger partial charge in [0, 0.05) is 31.3 Å². The normalized spacial score (nSPS) is 15.5. The maximum atomic E-state index is 12.9. The van der Waals surface area contributed by atoms with Crippen LogP contribution < -0.4 is 25.0 Å². The number of ether oxygens (including phenoxy) is 2. The van der Waals surface area contributed by atoms with Crippen LogP contribution in [0.1, 0.15) is 18.9 Å². The van der Waals surface area contributed by atoms with E-state index in [1.165, 1.54) is 0 Å². The second-order valence-electron chi connectivity index (χ2n) is 6.87. The average molecular weight is 434 g/mol. The van der Waals surface area contributed by atoms with E-state index in [9.17, 15) is 9.59 Å². The van der Waals surface area contributed by atoms with E-state index in [1.807, 2.05) is 31.2 Å². The number of carbonyl (C=O) groups excluding carboxylic acids is 2. The zero-order valence-electron chi connectivity index (χ0n) is 17.4. The number of rotatable bonds is 8. The predicted molar refractivity (Wildman–Crippen MR) is 120 cm³/mol. The Balaban J connectivity index is 0.00000320. The molecule has 2 aromatic carbocycles. The van der Waals surface area contributed by atoms with Crippen LogP contribution in [0.3, 0.4) is 0 Å². The van der Waals surface area contributed by atoms with Crippen molar-refractivity contribution in [3.63, 3.8) is 0 Å². The van der Waals surface area contributed by atoms with E-state index < -0.39 is 5.92 Å². The summed E-state index contributed by atoms with van der Waals surface area (Å²) in [7, 11) is 3.12. The molecule has 0 aromatic heterocycles. The number of amides is 2. The second-order valence-corrected chi connectivity index (χ2v) is 6.87. The number of hydrogen-bond acceptors (Lipinski definition) is 5. The molecule has 1 aliphatic rings. The number of anilines is 2. The van der Waals surface area contributed by atoms with Gasteiger partial charge in [-0.25, -0.2) is 0 Å². The summed E-state index contributed by atoms with van der Waals surface area (Å²) in [5.74, 6) is 0.493. The van der Waals surface area contributed by atoms with Crippen LogP contribution in [0.2, 0.25) is 0 Å². The Morgan fingerprint density at radius 1 is 1.17 bits per heavy atom. The standard InChI is InChI=1S/C22H27N3O4.ClH/c1-4-23-13-15-7-5-6-8-18(15)24-22(27)16-11-21(26)25(14-16)19-10-9-17(28-2)12-20(19)29-3;/h5-10,12,16,23H,4,11,13-14H2,1-3H3,(H,24,27);1H. The number of nitrogens with one attached hydrogen (secondary N) is 2. The van der Waals surface area contributed by atoms with Crippen LogP contribution in [0.5, 0.6) is 11.5 Å². The lowest BCUT2D eigenvalue weighted by molar-refractivity contribution is -0.122. The van der Waals surface area contributed by atoms with Gasteiger partial charge in [-0.15, -0.1) is 12.4 Å². The van der Waals surface area contributed by atoms with Gasteiger partial charge in [0.2, 0.25) is 11.8 Å². The SMILES string of the molecule is CCNCc1ccccc1NC(=O)C1CC(=O)N(c2ccc(OC)cc2OC)C1.Cl. The van der Waals surface area contributed by atoms with Crippen molar-refractivity contribution < 1.29 is 19.1 Å². The van der Waals surface area contributed by atoms with Gasteiger partial charge in [-0.2, -0.15) is 0 Å². The third kappa shape index (κ3) is 5.23. The summed E-state index contributed by atoms with van der Waals surface area (Å²) in [4.78, 5) is 27.1. The highest BCUT2D eigenvalue weighted by atomic mass is 35.5. The zero-order valence-corrected chi connectivity index (χ0v) is 18.3. The van der Waals surface area contributed by atoms with Crippen molar-refractivity contribution in [3.05, 3.63) is 48.0 Å². The molecule has 0 spiro atoms. The van der Waals surface area contributed by atoms with Crippen molar-refractivity contribution in [1.29, 1.82) is 0 Å². The molecular weight excluding hydrogens is 406 g/mol. The van der Waals surface area contributed by atoms with E-state index in [1.54, 1.807) is 37.3 Å². The van der Waals surface area contributed by atoms with Crippen LogP contribution in [0.4, 0.5) is 11.4 Å². The minimum absolute atomic E-state index is 0. The molecule has 8 heteroatoms. The molecule has 1 aliphatic heterocycles. The third-order valence-electron chi connectivity index (χ3n) is 5.01. The molecular formula is C22H28ClN3O4. The molecule has 0 bridgehead atoms. The molecule has 0 saturated carbocycles. The van der Waals surface area contributed by atoms with Crippen molar-refractivity contribution in [2.45, 2.75) is 19.9 Å². The van der Waals surface area contributed by atoms with Gasteiger partial charge in [-0.3, -0.25) is 9.59 Å². The van der Waals surface area contributed by atoms with Gasteiger partial charge in [0.15, 0.2) is 0 Å². The monoisotopic (exact) mass is 433 g/mol. The van der Waals surface area contributed by atoms with E-state index in [-0.39, 0.29) is 30.6 Å². The first-order chi connectivity index (χ1) is 14.1. The van der Waals surface area contributed by atoms with Crippen LogP contribution >= 0.6 is 12.4 Å². The molecule has 0 radical (unpaired) electrons. The first-order valence-electron chi connectivity index (χ1n) is 9.69.